The summed E-state index contributed by atoms with van der Waals surface area (Å²) in [7, 11) is 0. The summed E-state index contributed by atoms with van der Waals surface area (Å²) >= 11 is 0. The highest BCUT2D eigenvalue weighted by atomic mass is 16.1. The van der Waals surface area contributed by atoms with Gasteiger partial charge in [-0.25, -0.2) is 0 Å². The number of carbonyl (C=O) groups excluding carboxylic acids is 2. The monoisotopic (exact) mass is 198 g/mol. The third kappa shape index (κ3) is 16.8. The lowest BCUT2D eigenvalue weighted by molar-refractivity contribution is -0.117. The Balaban J connectivity index is 0. The van der Waals surface area contributed by atoms with E-state index >= 15 is 0 Å². The van der Waals surface area contributed by atoms with Crippen LogP contribution < -0.4 is 10.6 Å². The maximum atomic E-state index is 10.6. The van der Waals surface area contributed by atoms with E-state index in [0.29, 0.717) is 6.41 Å². The first kappa shape index (κ1) is 14.9. The van der Waals surface area contributed by atoms with Crippen molar-refractivity contribution in [3.63, 3.8) is 0 Å². The molecule has 0 aromatic carbocycles. The molecule has 0 atom stereocenters. The van der Waals surface area contributed by atoms with Crippen LogP contribution in [0.5, 0.6) is 0 Å². The zero-order valence-corrected chi connectivity index (χ0v) is 8.96. The van der Waals surface area contributed by atoms with Crippen LogP contribution in [-0.4, -0.2) is 17.9 Å². The minimum absolute atomic E-state index is 0.123. The van der Waals surface area contributed by atoms with E-state index < -0.39 is 0 Å². The van der Waals surface area contributed by atoms with E-state index in [9.17, 15) is 9.59 Å². The van der Waals surface area contributed by atoms with Gasteiger partial charge in [-0.2, -0.15) is 0 Å². The zero-order chi connectivity index (χ0) is 11.6. The Hall–Kier alpha value is -1.58. The van der Waals surface area contributed by atoms with Crippen molar-refractivity contribution in [2.75, 3.05) is 0 Å². The summed E-state index contributed by atoms with van der Waals surface area (Å²) in [4.78, 5) is 19.8. The maximum absolute atomic E-state index is 10.6. The fourth-order valence-electron chi connectivity index (χ4n) is 0.469. The lowest BCUT2D eigenvalue weighted by Crippen LogP contribution is -2.39. The molecule has 0 aromatic rings. The van der Waals surface area contributed by atoms with Gasteiger partial charge in [-0.15, -0.1) is 0 Å². The summed E-state index contributed by atoms with van der Waals surface area (Å²) in [6.45, 7) is 12.3. The molecule has 0 saturated heterocycles. The molecule has 0 fully saturated rings. The zero-order valence-electron chi connectivity index (χ0n) is 8.96. The number of amides is 2. The van der Waals surface area contributed by atoms with Gasteiger partial charge in [0.15, 0.2) is 0 Å². The average molecular weight is 198 g/mol. The fourth-order valence-corrected chi connectivity index (χ4v) is 0.469. The number of carbonyl (C=O) groups is 2. The Labute approximate surface area is 85.1 Å². The Morgan fingerprint density at radius 2 is 1.79 bits per heavy atom. The molecule has 0 unspecified atom stereocenters. The van der Waals surface area contributed by atoms with Crippen LogP contribution in [0.4, 0.5) is 0 Å². The van der Waals surface area contributed by atoms with Crippen molar-refractivity contribution in [3.8, 4) is 0 Å². The van der Waals surface area contributed by atoms with Crippen LogP contribution in [0.15, 0.2) is 25.4 Å². The number of rotatable bonds is 3. The van der Waals surface area contributed by atoms with Gasteiger partial charge in [0.25, 0.3) is 0 Å². The van der Waals surface area contributed by atoms with Crippen LogP contribution in [0.2, 0.25) is 0 Å². The molecule has 0 spiro atoms. The van der Waals surface area contributed by atoms with Gasteiger partial charge in [0.05, 0.1) is 0 Å². The standard InChI is InChI=1S/C7H13NO.C3H5NO/c1-5-6(9)8-7(2,3)4;1-2-4-3-5/h5H,1H2,2-4H3,(H,8,9);2-3H,1H2,(H,4,5). The molecule has 14 heavy (non-hydrogen) atoms. The van der Waals surface area contributed by atoms with Crippen molar-refractivity contribution in [3.05, 3.63) is 25.4 Å². The highest BCUT2D eigenvalue weighted by molar-refractivity contribution is 5.87. The Morgan fingerprint density at radius 1 is 1.29 bits per heavy atom. The van der Waals surface area contributed by atoms with Crippen molar-refractivity contribution >= 4 is 12.3 Å². The number of nitrogens with one attached hydrogen (secondary N) is 2. The normalized spacial score (nSPS) is 8.79. The first-order valence-corrected chi connectivity index (χ1v) is 4.12. The highest BCUT2D eigenvalue weighted by Crippen LogP contribution is 1.97. The van der Waals surface area contributed by atoms with Gasteiger partial charge in [-0.1, -0.05) is 13.2 Å². The molecule has 2 amide bonds. The molecule has 80 valence electrons. The molecular weight excluding hydrogens is 180 g/mol. The molecule has 0 aliphatic rings. The van der Waals surface area contributed by atoms with Crippen LogP contribution in [0, 0.1) is 0 Å². The van der Waals surface area contributed by atoms with Crippen LogP contribution >= 0.6 is 0 Å². The third-order valence-electron chi connectivity index (χ3n) is 0.869. The van der Waals surface area contributed by atoms with E-state index in [4.69, 9.17) is 0 Å². The van der Waals surface area contributed by atoms with Crippen LogP contribution in [-0.2, 0) is 9.59 Å². The summed E-state index contributed by atoms with van der Waals surface area (Å²) < 4.78 is 0. The van der Waals surface area contributed by atoms with Gasteiger partial charge in [0, 0.05) is 5.54 Å². The fraction of sp³-hybridized carbons (Fsp3) is 0.400. The number of hydrogen-bond acceptors (Lipinski definition) is 2. The third-order valence-corrected chi connectivity index (χ3v) is 0.869. The molecule has 2 N–H and O–H groups in total. The smallest absolute Gasteiger partial charge is 0.243 e. The summed E-state index contributed by atoms with van der Waals surface area (Å²) in [5.74, 6) is -0.123. The van der Waals surface area contributed by atoms with Gasteiger partial charge in [0.1, 0.15) is 0 Å². The second-order valence-corrected chi connectivity index (χ2v) is 3.43. The van der Waals surface area contributed by atoms with Crippen molar-refractivity contribution in [1.29, 1.82) is 0 Å². The minimum atomic E-state index is -0.148. The van der Waals surface area contributed by atoms with E-state index in [1.807, 2.05) is 20.8 Å². The lowest BCUT2D eigenvalue weighted by Gasteiger charge is -2.18. The second kappa shape index (κ2) is 8.04. The highest BCUT2D eigenvalue weighted by Gasteiger charge is 2.10. The molecule has 0 aliphatic heterocycles. The van der Waals surface area contributed by atoms with E-state index in [-0.39, 0.29) is 11.4 Å². The van der Waals surface area contributed by atoms with Crippen molar-refractivity contribution < 1.29 is 9.59 Å². The van der Waals surface area contributed by atoms with Gasteiger partial charge < -0.3 is 10.6 Å². The number of hydrogen-bond donors (Lipinski definition) is 2. The largest absolute Gasteiger partial charge is 0.348 e. The average Bonchev–Trinajstić information content (AvgIpc) is 2.04. The summed E-state index contributed by atoms with van der Waals surface area (Å²) in [6.07, 6.45) is 3.14. The topological polar surface area (TPSA) is 58.2 Å². The molecule has 0 rings (SSSR count). The molecule has 0 heterocycles. The molecule has 0 bridgehead atoms. The molecule has 0 saturated carbocycles. The molecule has 0 radical (unpaired) electrons. The van der Waals surface area contributed by atoms with E-state index in [1.165, 1.54) is 12.3 Å². The van der Waals surface area contributed by atoms with Crippen molar-refractivity contribution in [1.82, 2.24) is 10.6 Å². The second-order valence-electron chi connectivity index (χ2n) is 3.43. The Bertz CT molecular complexity index is 199. The molecular formula is C10H18N2O2. The quantitative estimate of drug-likeness (QED) is 0.524. The molecule has 0 aliphatic carbocycles. The van der Waals surface area contributed by atoms with Crippen LogP contribution in [0.1, 0.15) is 20.8 Å². The predicted octanol–water partition coefficient (Wildman–Crippen LogP) is 0.963. The van der Waals surface area contributed by atoms with Crippen molar-refractivity contribution in [2.45, 2.75) is 26.3 Å². The summed E-state index contributed by atoms with van der Waals surface area (Å²) in [6, 6.07) is 0. The first-order chi connectivity index (χ1) is 6.37. The molecule has 4 heteroatoms. The van der Waals surface area contributed by atoms with Gasteiger partial charge in [-0.05, 0) is 33.0 Å². The maximum Gasteiger partial charge on any atom is 0.243 e. The lowest BCUT2D eigenvalue weighted by atomic mass is 10.1. The summed E-state index contributed by atoms with van der Waals surface area (Å²) in [5, 5.41) is 4.91. The Morgan fingerprint density at radius 3 is 1.86 bits per heavy atom. The molecule has 4 nitrogen and oxygen atoms in total. The van der Waals surface area contributed by atoms with E-state index in [0.717, 1.165) is 0 Å². The van der Waals surface area contributed by atoms with E-state index in [2.05, 4.69) is 23.8 Å². The van der Waals surface area contributed by atoms with Gasteiger partial charge in [0.2, 0.25) is 12.3 Å². The first-order valence-electron chi connectivity index (χ1n) is 4.12. The molecule has 0 aromatic heterocycles. The van der Waals surface area contributed by atoms with Crippen molar-refractivity contribution in [2.24, 2.45) is 0 Å². The van der Waals surface area contributed by atoms with Gasteiger partial charge >= 0.3 is 0 Å². The van der Waals surface area contributed by atoms with E-state index in [1.54, 1.807) is 0 Å². The van der Waals surface area contributed by atoms with Crippen LogP contribution in [0.3, 0.4) is 0 Å². The predicted molar refractivity (Wildman–Crippen MR) is 57.5 cm³/mol. The Kier molecular flexibility index (Phi) is 8.57. The minimum Gasteiger partial charge on any atom is -0.348 e. The summed E-state index contributed by atoms with van der Waals surface area (Å²) in [5.41, 5.74) is -0.148. The SMILES string of the molecule is C=CC(=O)NC(C)(C)C.C=CNC=O. The van der Waals surface area contributed by atoms with Crippen LogP contribution in [0.25, 0.3) is 0 Å². The van der Waals surface area contributed by atoms with Gasteiger partial charge in [-0.3, -0.25) is 9.59 Å².